The van der Waals surface area contributed by atoms with Crippen molar-refractivity contribution in [1.82, 2.24) is 10.2 Å². The number of nitrogens with one attached hydrogen (secondary N) is 1. The van der Waals surface area contributed by atoms with Crippen LogP contribution in [-0.4, -0.2) is 31.6 Å². The molecule has 1 fully saturated rings. The van der Waals surface area contributed by atoms with Crippen molar-refractivity contribution >= 4 is 0 Å². The van der Waals surface area contributed by atoms with Crippen molar-refractivity contribution in [1.29, 1.82) is 0 Å². The summed E-state index contributed by atoms with van der Waals surface area (Å²) in [6.07, 6.45) is 0.112. The minimum absolute atomic E-state index is 0.116. The van der Waals surface area contributed by atoms with Crippen LogP contribution in [0.4, 0.5) is 8.78 Å². The van der Waals surface area contributed by atoms with Crippen molar-refractivity contribution in [2.45, 2.75) is 25.8 Å². The first-order valence-electron chi connectivity index (χ1n) is 6.91. The second kappa shape index (κ2) is 6.96. The summed E-state index contributed by atoms with van der Waals surface area (Å²) in [4.78, 5) is 2.22. The van der Waals surface area contributed by atoms with Gasteiger partial charge in [0.2, 0.25) is 0 Å². The molecular weight excluding hydrogens is 246 g/mol. The van der Waals surface area contributed by atoms with Gasteiger partial charge in [0.25, 0.3) is 6.43 Å². The van der Waals surface area contributed by atoms with Crippen molar-refractivity contribution in [2.24, 2.45) is 5.92 Å². The zero-order valence-electron chi connectivity index (χ0n) is 11.4. The van der Waals surface area contributed by atoms with Crippen LogP contribution in [0.3, 0.4) is 0 Å². The number of piperidine rings is 1. The number of benzene rings is 1. The molecule has 1 unspecified atom stereocenters. The number of alkyl halides is 2. The first-order valence-corrected chi connectivity index (χ1v) is 6.91. The molecule has 1 aromatic rings. The van der Waals surface area contributed by atoms with E-state index in [0.717, 1.165) is 31.7 Å². The summed E-state index contributed by atoms with van der Waals surface area (Å²) in [6.45, 7) is 3.95. The molecule has 1 aliphatic heterocycles. The Morgan fingerprint density at radius 1 is 1.42 bits per heavy atom. The van der Waals surface area contributed by atoms with Gasteiger partial charge in [0, 0.05) is 18.7 Å². The minimum atomic E-state index is -2.38. The molecule has 1 aromatic carbocycles. The zero-order chi connectivity index (χ0) is 13.7. The second-order valence-electron chi connectivity index (χ2n) is 5.45. The van der Waals surface area contributed by atoms with Crippen LogP contribution in [-0.2, 0) is 6.54 Å². The Labute approximate surface area is 113 Å². The van der Waals surface area contributed by atoms with E-state index in [1.165, 1.54) is 18.9 Å². The van der Waals surface area contributed by atoms with Gasteiger partial charge in [-0.3, -0.25) is 0 Å². The summed E-state index contributed by atoms with van der Waals surface area (Å²) in [5.74, 6) is 0.678. The second-order valence-corrected chi connectivity index (χ2v) is 5.45. The molecule has 0 amide bonds. The van der Waals surface area contributed by atoms with E-state index in [4.69, 9.17) is 0 Å². The quantitative estimate of drug-likeness (QED) is 0.883. The highest BCUT2D eigenvalue weighted by Crippen LogP contribution is 2.20. The van der Waals surface area contributed by atoms with E-state index in [-0.39, 0.29) is 5.56 Å². The third kappa shape index (κ3) is 4.55. The fourth-order valence-corrected chi connectivity index (χ4v) is 2.72. The molecule has 106 valence electrons. The first kappa shape index (κ1) is 14.4. The van der Waals surface area contributed by atoms with Crippen LogP contribution >= 0.6 is 0 Å². The summed E-state index contributed by atoms with van der Waals surface area (Å²) in [5, 5.41) is 3.40. The van der Waals surface area contributed by atoms with E-state index in [2.05, 4.69) is 17.3 Å². The van der Waals surface area contributed by atoms with Gasteiger partial charge in [0.15, 0.2) is 0 Å². The molecule has 1 aliphatic rings. The lowest BCUT2D eigenvalue weighted by atomic mass is 9.99. The molecule has 1 heterocycles. The predicted octanol–water partition coefficient (Wildman–Crippen LogP) is 3.06. The average Bonchev–Trinajstić information content (AvgIpc) is 2.40. The highest BCUT2D eigenvalue weighted by Gasteiger charge is 2.15. The molecule has 0 bridgehead atoms. The SMILES string of the molecule is CN(Cc1cccc(C(F)F)c1)CC1CCCNC1. The molecule has 4 heteroatoms. The third-order valence-corrected chi connectivity index (χ3v) is 3.62. The molecule has 2 nitrogen and oxygen atoms in total. The predicted molar refractivity (Wildman–Crippen MR) is 73.3 cm³/mol. The summed E-state index contributed by atoms with van der Waals surface area (Å²) in [5.41, 5.74) is 1.08. The number of halogens is 2. The van der Waals surface area contributed by atoms with E-state index in [1.807, 2.05) is 6.07 Å². The normalized spacial score (nSPS) is 20.2. The van der Waals surface area contributed by atoms with Crippen molar-refractivity contribution in [3.8, 4) is 0 Å². The largest absolute Gasteiger partial charge is 0.316 e. The van der Waals surface area contributed by atoms with Crippen molar-refractivity contribution < 1.29 is 8.78 Å². The summed E-state index contributed by atoms with van der Waals surface area (Å²) >= 11 is 0. The van der Waals surface area contributed by atoms with Gasteiger partial charge in [-0.15, -0.1) is 0 Å². The van der Waals surface area contributed by atoms with E-state index >= 15 is 0 Å². The molecule has 0 spiro atoms. The molecule has 0 saturated carbocycles. The van der Waals surface area contributed by atoms with Crippen LogP contribution in [0.5, 0.6) is 0 Å². The summed E-state index contributed by atoms with van der Waals surface area (Å²) in [6, 6.07) is 6.73. The molecule has 2 rings (SSSR count). The molecule has 0 radical (unpaired) electrons. The Kier molecular flexibility index (Phi) is 5.28. The van der Waals surface area contributed by atoms with Gasteiger partial charge in [0.05, 0.1) is 0 Å². The van der Waals surface area contributed by atoms with Gasteiger partial charge in [0.1, 0.15) is 0 Å². The first-order chi connectivity index (χ1) is 9.15. The molecule has 1 atom stereocenters. The number of hydrogen-bond acceptors (Lipinski definition) is 2. The fraction of sp³-hybridized carbons (Fsp3) is 0.600. The Morgan fingerprint density at radius 3 is 2.95 bits per heavy atom. The van der Waals surface area contributed by atoms with Crippen LogP contribution in [0.15, 0.2) is 24.3 Å². The molecule has 1 N–H and O–H groups in total. The lowest BCUT2D eigenvalue weighted by Gasteiger charge is -2.27. The standard InChI is InChI=1S/C15H22F2N2/c1-19(11-13-5-3-7-18-9-13)10-12-4-2-6-14(8-12)15(16)17/h2,4,6,8,13,15,18H,3,5,7,9-11H2,1H3. The van der Waals surface area contributed by atoms with Crippen molar-refractivity contribution in [3.63, 3.8) is 0 Å². The molecule has 1 saturated heterocycles. The number of nitrogens with zero attached hydrogens (tertiary/aromatic N) is 1. The van der Waals surface area contributed by atoms with E-state index in [9.17, 15) is 8.78 Å². The van der Waals surface area contributed by atoms with Crippen molar-refractivity contribution in [3.05, 3.63) is 35.4 Å². The topological polar surface area (TPSA) is 15.3 Å². The molecular formula is C15H22F2N2. The fourth-order valence-electron chi connectivity index (χ4n) is 2.72. The zero-order valence-corrected chi connectivity index (χ0v) is 11.4. The van der Waals surface area contributed by atoms with E-state index in [0.29, 0.717) is 5.92 Å². The molecule has 0 aromatic heterocycles. The average molecular weight is 268 g/mol. The minimum Gasteiger partial charge on any atom is -0.316 e. The van der Waals surface area contributed by atoms with Crippen LogP contribution in [0.25, 0.3) is 0 Å². The highest BCUT2D eigenvalue weighted by atomic mass is 19.3. The maximum absolute atomic E-state index is 12.6. The van der Waals surface area contributed by atoms with Crippen LogP contribution in [0.1, 0.15) is 30.4 Å². The Morgan fingerprint density at radius 2 is 2.26 bits per heavy atom. The van der Waals surface area contributed by atoms with Gasteiger partial charge in [-0.05, 0) is 50.5 Å². The van der Waals surface area contributed by atoms with Gasteiger partial charge in [-0.1, -0.05) is 18.2 Å². The van der Waals surface area contributed by atoms with Gasteiger partial charge >= 0.3 is 0 Å². The molecule has 19 heavy (non-hydrogen) atoms. The Bertz CT molecular complexity index is 389. The lowest BCUT2D eigenvalue weighted by Crippen LogP contribution is -2.36. The highest BCUT2D eigenvalue weighted by molar-refractivity contribution is 5.24. The van der Waals surface area contributed by atoms with Crippen LogP contribution in [0.2, 0.25) is 0 Å². The maximum Gasteiger partial charge on any atom is 0.263 e. The summed E-state index contributed by atoms with van der Waals surface area (Å²) < 4.78 is 25.3. The monoisotopic (exact) mass is 268 g/mol. The number of rotatable bonds is 5. The van der Waals surface area contributed by atoms with Crippen LogP contribution in [0, 0.1) is 5.92 Å². The third-order valence-electron chi connectivity index (χ3n) is 3.62. The lowest BCUT2D eigenvalue weighted by molar-refractivity contribution is 0.151. The van der Waals surface area contributed by atoms with Gasteiger partial charge in [-0.2, -0.15) is 0 Å². The smallest absolute Gasteiger partial charge is 0.263 e. The van der Waals surface area contributed by atoms with Crippen molar-refractivity contribution in [2.75, 3.05) is 26.7 Å². The Balaban J connectivity index is 1.87. The van der Waals surface area contributed by atoms with E-state index in [1.54, 1.807) is 12.1 Å². The van der Waals surface area contributed by atoms with Gasteiger partial charge < -0.3 is 10.2 Å². The van der Waals surface area contributed by atoms with E-state index < -0.39 is 6.43 Å². The maximum atomic E-state index is 12.6. The molecule has 0 aliphatic carbocycles. The summed E-state index contributed by atoms with van der Waals surface area (Å²) in [7, 11) is 2.06. The number of hydrogen-bond donors (Lipinski definition) is 1. The van der Waals surface area contributed by atoms with Gasteiger partial charge in [-0.25, -0.2) is 8.78 Å². The Hall–Kier alpha value is -1.00. The van der Waals surface area contributed by atoms with Crippen LogP contribution < -0.4 is 5.32 Å².